The van der Waals surface area contributed by atoms with Crippen LogP contribution in [-0.4, -0.2) is 17.1 Å². The van der Waals surface area contributed by atoms with E-state index in [1.807, 2.05) is 43.3 Å². The molecule has 1 atom stereocenters. The lowest BCUT2D eigenvalue weighted by atomic mass is 10.1. The fourth-order valence-corrected chi connectivity index (χ4v) is 3.76. The Labute approximate surface area is 190 Å². The Morgan fingerprint density at radius 2 is 1.30 bits per heavy atom. The van der Waals surface area contributed by atoms with Gasteiger partial charge in [0.15, 0.2) is 0 Å². The van der Waals surface area contributed by atoms with Gasteiger partial charge in [-0.1, -0.05) is 35.3 Å². The van der Waals surface area contributed by atoms with Crippen LogP contribution in [0.4, 0.5) is 11.4 Å². The minimum Gasteiger partial charge on any atom is -0.326 e. The predicted octanol–water partition coefficient (Wildman–Crippen LogP) is 6.29. The Morgan fingerprint density at radius 3 is 1.90 bits per heavy atom. The molecule has 0 bridgehead atoms. The maximum atomic E-state index is 12.4. The molecule has 0 aromatic heterocycles. The van der Waals surface area contributed by atoms with E-state index in [1.165, 1.54) is 11.8 Å². The second-order valence-corrected chi connectivity index (χ2v) is 8.92. The van der Waals surface area contributed by atoms with Crippen molar-refractivity contribution in [1.82, 2.24) is 0 Å². The third-order valence-corrected chi connectivity index (χ3v) is 5.83. The zero-order chi connectivity index (χ0) is 21.5. The van der Waals surface area contributed by atoms with Gasteiger partial charge in [0.25, 0.3) is 0 Å². The number of benzene rings is 3. The van der Waals surface area contributed by atoms with Crippen molar-refractivity contribution in [3.8, 4) is 0 Å². The Bertz CT molecular complexity index is 1010. The molecule has 1 unspecified atom stereocenters. The summed E-state index contributed by atoms with van der Waals surface area (Å²) in [4.78, 5) is 25.5. The molecule has 0 heterocycles. The van der Waals surface area contributed by atoms with Gasteiger partial charge in [-0.2, -0.15) is 0 Å². The van der Waals surface area contributed by atoms with E-state index in [0.29, 0.717) is 21.4 Å². The largest absolute Gasteiger partial charge is 0.326 e. The summed E-state index contributed by atoms with van der Waals surface area (Å²) >= 11 is 13.2. The second-order valence-electron chi connectivity index (χ2n) is 6.63. The van der Waals surface area contributed by atoms with E-state index in [1.54, 1.807) is 36.4 Å². The number of amides is 2. The smallest absolute Gasteiger partial charge is 0.237 e. The molecule has 0 saturated carbocycles. The van der Waals surface area contributed by atoms with Crippen LogP contribution >= 0.6 is 35.0 Å². The molecule has 0 aliphatic rings. The van der Waals surface area contributed by atoms with Gasteiger partial charge in [-0.15, -0.1) is 11.8 Å². The third kappa shape index (κ3) is 6.80. The van der Waals surface area contributed by atoms with Gasteiger partial charge < -0.3 is 10.6 Å². The van der Waals surface area contributed by atoms with Crippen LogP contribution in [0.2, 0.25) is 10.0 Å². The van der Waals surface area contributed by atoms with E-state index in [0.717, 1.165) is 10.5 Å². The number of anilines is 2. The summed E-state index contributed by atoms with van der Waals surface area (Å²) < 4.78 is 0. The van der Waals surface area contributed by atoms with Crippen LogP contribution in [-0.2, 0) is 16.0 Å². The molecule has 0 radical (unpaired) electrons. The SMILES string of the molecule is CC(Sc1ccc(NC(=O)Cc2ccc(Cl)cc2)cc1)C(=O)Nc1ccc(Cl)cc1. The summed E-state index contributed by atoms with van der Waals surface area (Å²) in [6, 6.07) is 21.6. The number of thioether (sulfide) groups is 1. The van der Waals surface area contributed by atoms with Crippen LogP contribution in [0.25, 0.3) is 0 Å². The second kappa shape index (κ2) is 10.5. The molecule has 7 heteroatoms. The Hall–Kier alpha value is -2.47. The van der Waals surface area contributed by atoms with Gasteiger partial charge in [0.1, 0.15) is 0 Å². The lowest BCUT2D eigenvalue weighted by molar-refractivity contribution is -0.116. The molecule has 2 N–H and O–H groups in total. The zero-order valence-electron chi connectivity index (χ0n) is 16.2. The van der Waals surface area contributed by atoms with Gasteiger partial charge in [-0.05, 0) is 73.2 Å². The molecule has 3 aromatic carbocycles. The third-order valence-electron chi connectivity index (χ3n) is 4.21. The van der Waals surface area contributed by atoms with Crippen molar-refractivity contribution in [3.05, 3.63) is 88.4 Å². The maximum absolute atomic E-state index is 12.4. The van der Waals surface area contributed by atoms with Crippen LogP contribution < -0.4 is 10.6 Å². The van der Waals surface area contributed by atoms with Crippen LogP contribution in [0.15, 0.2) is 77.7 Å². The highest BCUT2D eigenvalue weighted by Gasteiger charge is 2.15. The molecule has 0 fully saturated rings. The molecule has 3 rings (SSSR count). The van der Waals surface area contributed by atoms with E-state index in [2.05, 4.69) is 10.6 Å². The molecule has 154 valence electrons. The van der Waals surface area contributed by atoms with E-state index < -0.39 is 0 Å². The quantitative estimate of drug-likeness (QED) is 0.408. The summed E-state index contributed by atoms with van der Waals surface area (Å²) in [5.41, 5.74) is 2.30. The minimum atomic E-state index is -0.286. The monoisotopic (exact) mass is 458 g/mol. The summed E-state index contributed by atoms with van der Waals surface area (Å²) in [5.74, 6) is -0.198. The van der Waals surface area contributed by atoms with Crippen molar-refractivity contribution in [2.24, 2.45) is 0 Å². The first-order valence-corrected chi connectivity index (χ1v) is 10.9. The average Bonchev–Trinajstić information content (AvgIpc) is 2.73. The van der Waals surface area contributed by atoms with Crippen LogP contribution in [0, 0.1) is 0 Å². The molecule has 30 heavy (non-hydrogen) atoms. The van der Waals surface area contributed by atoms with Crippen LogP contribution in [0.3, 0.4) is 0 Å². The summed E-state index contributed by atoms with van der Waals surface area (Å²) in [6.07, 6.45) is 0.273. The standard InChI is InChI=1S/C23H20Cl2N2O2S/c1-15(23(29)27-20-8-6-18(25)7-9-20)30-21-12-10-19(11-13-21)26-22(28)14-16-2-4-17(24)5-3-16/h2-13,15H,14H2,1H3,(H,26,28)(H,27,29). The molecular formula is C23H20Cl2N2O2S. The maximum Gasteiger partial charge on any atom is 0.237 e. The molecule has 0 aliphatic heterocycles. The fraction of sp³-hybridized carbons (Fsp3) is 0.130. The fourth-order valence-electron chi connectivity index (χ4n) is 2.64. The summed E-state index contributed by atoms with van der Waals surface area (Å²) in [7, 11) is 0. The van der Waals surface area contributed by atoms with Crippen molar-refractivity contribution < 1.29 is 9.59 Å². The van der Waals surface area contributed by atoms with E-state index in [-0.39, 0.29) is 23.5 Å². The zero-order valence-corrected chi connectivity index (χ0v) is 18.5. The minimum absolute atomic E-state index is 0.0948. The first kappa shape index (κ1) is 22.2. The number of nitrogens with one attached hydrogen (secondary N) is 2. The number of rotatable bonds is 7. The number of carbonyl (C=O) groups excluding carboxylic acids is 2. The van der Waals surface area contributed by atoms with E-state index >= 15 is 0 Å². The van der Waals surface area contributed by atoms with Gasteiger partial charge in [0.05, 0.1) is 11.7 Å². The lowest BCUT2D eigenvalue weighted by Crippen LogP contribution is -2.22. The Morgan fingerprint density at radius 1 is 0.800 bits per heavy atom. The van der Waals surface area contributed by atoms with Crippen molar-refractivity contribution in [3.63, 3.8) is 0 Å². The Balaban J connectivity index is 1.50. The number of hydrogen-bond donors (Lipinski definition) is 2. The number of carbonyl (C=O) groups is 2. The van der Waals surface area contributed by atoms with Gasteiger partial charge in [0, 0.05) is 26.3 Å². The van der Waals surface area contributed by atoms with Gasteiger partial charge in [-0.25, -0.2) is 0 Å². The van der Waals surface area contributed by atoms with Crippen molar-refractivity contribution in [2.75, 3.05) is 10.6 Å². The number of hydrogen-bond acceptors (Lipinski definition) is 3. The van der Waals surface area contributed by atoms with E-state index in [4.69, 9.17) is 23.2 Å². The van der Waals surface area contributed by atoms with Crippen LogP contribution in [0.5, 0.6) is 0 Å². The van der Waals surface area contributed by atoms with Crippen molar-refractivity contribution >= 4 is 58.2 Å². The predicted molar refractivity (Wildman–Crippen MR) is 126 cm³/mol. The summed E-state index contributed by atoms with van der Waals surface area (Å²) in [5, 5.41) is 6.72. The first-order chi connectivity index (χ1) is 14.4. The molecule has 4 nitrogen and oxygen atoms in total. The highest BCUT2D eigenvalue weighted by atomic mass is 35.5. The van der Waals surface area contributed by atoms with Gasteiger partial charge in [0.2, 0.25) is 11.8 Å². The van der Waals surface area contributed by atoms with Gasteiger partial charge in [-0.3, -0.25) is 9.59 Å². The molecule has 0 spiro atoms. The number of halogens is 2. The molecule has 0 saturated heterocycles. The molecule has 0 aliphatic carbocycles. The average molecular weight is 459 g/mol. The van der Waals surface area contributed by atoms with Crippen LogP contribution in [0.1, 0.15) is 12.5 Å². The molecule has 3 aromatic rings. The van der Waals surface area contributed by atoms with Crippen molar-refractivity contribution in [1.29, 1.82) is 0 Å². The summed E-state index contributed by atoms with van der Waals surface area (Å²) in [6.45, 7) is 1.84. The topological polar surface area (TPSA) is 58.2 Å². The Kier molecular flexibility index (Phi) is 7.80. The first-order valence-electron chi connectivity index (χ1n) is 9.26. The molecule has 2 amide bonds. The highest BCUT2D eigenvalue weighted by molar-refractivity contribution is 8.00. The normalized spacial score (nSPS) is 11.6. The lowest BCUT2D eigenvalue weighted by Gasteiger charge is -2.13. The van der Waals surface area contributed by atoms with E-state index in [9.17, 15) is 9.59 Å². The van der Waals surface area contributed by atoms with Crippen molar-refractivity contribution in [2.45, 2.75) is 23.5 Å². The van der Waals surface area contributed by atoms with Gasteiger partial charge >= 0.3 is 0 Å². The molecular weight excluding hydrogens is 439 g/mol. The highest BCUT2D eigenvalue weighted by Crippen LogP contribution is 2.26.